The van der Waals surface area contributed by atoms with Crippen molar-refractivity contribution in [3.63, 3.8) is 0 Å². The number of likely N-dealkylation sites (tertiary alicyclic amines) is 1. The molecule has 3 rings (SSSR count). The number of aryl methyl sites for hydroxylation is 1. The van der Waals surface area contributed by atoms with Crippen LogP contribution in [0, 0.1) is 6.92 Å². The third-order valence-electron chi connectivity index (χ3n) is 3.28. The van der Waals surface area contributed by atoms with Crippen molar-refractivity contribution in [1.29, 1.82) is 0 Å². The molecule has 0 saturated carbocycles. The van der Waals surface area contributed by atoms with Gasteiger partial charge in [0.1, 0.15) is 11.5 Å². The first-order chi connectivity index (χ1) is 9.72. The summed E-state index contributed by atoms with van der Waals surface area (Å²) in [6.07, 6.45) is 3.79. The maximum Gasteiger partial charge on any atom is 0.272 e. The van der Waals surface area contributed by atoms with Gasteiger partial charge in [-0.25, -0.2) is 4.98 Å². The minimum atomic E-state index is 0.00586. The fourth-order valence-corrected chi connectivity index (χ4v) is 2.25. The summed E-state index contributed by atoms with van der Waals surface area (Å²) in [5, 5.41) is 6.91. The minimum Gasteiger partial charge on any atom is -0.360 e. The summed E-state index contributed by atoms with van der Waals surface area (Å²) in [7, 11) is 0. The molecule has 0 atom stereocenters. The predicted molar refractivity (Wildman–Crippen MR) is 73.9 cm³/mol. The average molecular weight is 272 g/mol. The first-order valence-electron chi connectivity index (χ1n) is 6.68. The zero-order valence-electron chi connectivity index (χ0n) is 11.3. The van der Waals surface area contributed by atoms with Crippen molar-refractivity contribution in [2.24, 2.45) is 0 Å². The number of amides is 1. The summed E-state index contributed by atoms with van der Waals surface area (Å²) in [6.45, 7) is 3.49. The monoisotopic (exact) mass is 272 g/mol. The van der Waals surface area contributed by atoms with Crippen LogP contribution in [-0.4, -0.2) is 34.0 Å². The zero-order valence-corrected chi connectivity index (χ0v) is 11.3. The maximum absolute atomic E-state index is 12.1. The van der Waals surface area contributed by atoms with E-state index >= 15 is 0 Å². The number of anilines is 2. The quantitative estimate of drug-likeness (QED) is 0.928. The molecule has 1 N–H and O–H groups in total. The lowest BCUT2D eigenvalue weighted by Gasteiger charge is -2.14. The Morgan fingerprint density at radius 3 is 2.75 bits per heavy atom. The largest absolute Gasteiger partial charge is 0.360 e. The number of nitrogens with one attached hydrogen (secondary N) is 1. The second-order valence-electron chi connectivity index (χ2n) is 4.88. The van der Waals surface area contributed by atoms with E-state index in [9.17, 15) is 4.79 Å². The lowest BCUT2D eigenvalue weighted by atomic mass is 10.3. The Hall–Kier alpha value is -2.37. The number of rotatable bonds is 3. The van der Waals surface area contributed by atoms with Crippen LogP contribution in [0.4, 0.5) is 11.5 Å². The van der Waals surface area contributed by atoms with E-state index in [1.165, 1.54) is 0 Å². The molecule has 6 heteroatoms. The summed E-state index contributed by atoms with van der Waals surface area (Å²) in [4.78, 5) is 18.2. The SMILES string of the molecule is Cc1cc(Nc2ccc(C(=O)N3CCCC3)nc2)no1. The van der Waals surface area contributed by atoms with Crippen LogP contribution < -0.4 is 5.32 Å². The third-order valence-corrected chi connectivity index (χ3v) is 3.28. The Kier molecular flexibility index (Phi) is 3.37. The minimum absolute atomic E-state index is 0.00586. The molecule has 2 aromatic heterocycles. The summed E-state index contributed by atoms with van der Waals surface area (Å²) in [5.74, 6) is 1.37. The highest BCUT2D eigenvalue weighted by Crippen LogP contribution is 2.17. The van der Waals surface area contributed by atoms with Crippen molar-refractivity contribution in [2.45, 2.75) is 19.8 Å². The van der Waals surface area contributed by atoms with Gasteiger partial charge in [-0.1, -0.05) is 5.16 Å². The van der Waals surface area contributed by atoms with E-state index < -0.39 is 0 Å². The number of pyridine rings is 1. The summed E-state index contributed by atoms with van der Waals surface area (Å²) >= 11 is 0. The Morgan fingerprint density at radius 2 is 2.15 bits per heavy atom. The number of nitrogens with zero attached hydrogens (tertiary/aromatic N) is 3. The Labute approximate surface area is 116 Å². The Morgan fingerprint density at radius 1 is 1.35 bits per heavy atom. The zero-order chi connectivity index (χ0) is 13.9. The summed E-state index contributed by atoms with van der Waals surface area (Å²) < 4.78 is 4.97. The van der Waals surface area contributed by atoms with E-state index in [0.29, 0.717) is 11.5 Å². The number of aromatic nitrogens is 2. The van der Waals surface area contributed by atoms with Crippen molar-refractivity contribution in [3.8, 4) is 0 Å². The van der Waals surface area contributed by atoms with Gasteiger partial charge in [0.05, 0.1) is 11.9 Å². The van der Waals surface area contributed by atoms with Gasteiger partial charge < -0.3 is 14.7 Å². The van der Waals surface area contributed by atoms with Gasteiger partial charge >= 0.3 is 0 Å². The molecular formula is C14H16N4O2. The molecule has 1 aliphatic rings. The van der Waals surface area contributed by atoms with Crippen LogP contribution in [0.3, 0.4) is 0 Å². The van der Waals surface area contributed by atoms with Gasteiger partial charge in [0.15, 0.2) is 5.82 Å². The summed E-state index contributed by atoms with van der Waals surface area (Å²) in [5.41, 5.74) is 1.25. The van der Waals surface area contributed by atoms with E-state index in [4.69, 9.17) is 4.52 Å². The molecule has 0 bridgehead atoms. The molecule has 1 aliphatic heterocycles. The molecule has 2 aromatic rings. The van der Waals surface area contributed by atoms with Gasteiger partial charge in [-0.05, 0) is 31.9 Å². The molecule has 3 heterocycles. The molecule has 104 valence electrons. The first kappa shape index (κ1) is 12.7. The molecule has 0 radical (unpaired) electrons. The Balaban J connectivity index is 1.69. The smallest absolute Gasteiger partial charge is 0.272 e. The lowest BCUT2D eigenvalue weighted by molar-refractivity contribution is 0.0787. The fraction of sp³-hybridized carbons (Fsp3) is 0.357. The number of carbonyl (C=O) groups is 1. The normalized spacial score (nSPS) is 14.6. The second-order valence-corrected chi connectivity index (χ2v) is 4.88. The molecule has 6 nitrogen and oxygen atoms in total. The van der Waals surface area contributed by atoms with E-state index in [2.05, 4.69) is 15.5 Å². The van der Waals surface area contributed by atoms with Gasteiger partial charge in [-0.15, -0.1) is 0 Å². The van der Waals surface area contributed by atoms with Crippen LogP contribution in [0.5, 0.6) is 0 Å². The van der Waals surface area contributed by atoms with Crippen LogP contribution in [0.25, 0.3) is 0 Å². The highest BCUT2D eigenvalue weighted by Gasteiger charge is 2.20. The first-order valence-corrected chi connectivity index (χ1v) is 6.68. The molecule has 0 spiro atoms. The van der Waals surface area contributed by atoms with Crippen molar-refractivity contribution in [2.75, 3.05) is 18.4 Å². The topological polar surface area (TPSA) is 71.3 Å². The Bertz CT molecular complexity index is 600. The highest BCUT2D eigenvalue weighted by atomic mass is 16.5. The van der Waals surface area contributed by atoms with E-state index in [-0.39, 0.29) is 5.91 Å². The van der Waals surface area contributed by atoms with Gasteiger partial charge in [0.2, 0.25) is 0 Å². The van der Waals surface area contributed by atoms with Crippen LogP contribution in [0.2, 0.25) is 0 Å². The van der Waals surface area contributed by atoms with Crippen molar-refractivity contribution in [3.05, 3.63) is 35.9 Å². The predicted octanol–water partition coefficient (Wildman–Crippen LogP) is 2.36. The number of hydrogen-bond donors (Lipinski definition) is 1. The van der Waals surface area contributed by atoms with Gasteiger partial charge in [0.25, 0.3) is 5.91 Å². The molecular weight excluding hydrogens is 256 g/mol. The molecule has 0 aliphatic carbocycles. The van der Waals surface area contributed by atoms with E-state index in [0.717, 1.165) is 37.4 Å². The fourth-order valence-electron chi connectivity index (χ4n) is 2.25. The average Bonchev–Trinajstić information content (AvgIpc) is 3.11. The maximum atomic E-state index is 12.1. The molecule has 0 aromatic carbocycles. The molecule has 0 unspecified atom stereocenters. The lowest BCUT2D eigenvalue weighted by Crippen LogP contribution is -2.28. The summed E-state index contributed by atoms with van der Waals surface area (Å²) in [6, 6.07) is 5.35. The third kappa shape index (κ3) is 2.64. The van der Waals surface area contributed by atoms with Crippen molar-refractivity contribution < 1.29 is 9.32 Å². The van der Waals surface area contributed by atoms with Gasteiger partial charge in [-0.2, -0.15) is 0 Å². The highest BCUT2D eigenvalue weighted by molar-refractivity contribution is 5.92. The van der Waals surface area contributed by atoms with Crippen LogP contribution in [0.15, 0.2) is 28.9 Å². The number of carbonyl (C=O) groups excluding carboxylic acids is 1. The molecule has 1 saturated heterocycles. The van der Waals surface area contributed by atoms with Crippen molar-refractivity contribution >= 4 is 17.4 Å². The second kappa shape index (κ2) is 5.32. The van der Waals surface area contributed by atoms with Gasteiger partial charge in [-0.3, -0.25) is 4.79 Å². The van der Waals surface area contributed by atoms with Crippen LogP contribution in [0.1, 0.15) is 29.1 Å². The van der Waals surface area contributed by atoms with Gasteiger partial charge in [0, 0.05) is 19.2 Å². The van der Waals surface area contributed by atoms with Crippen LogP contribution in [-0.2, 0) is 0 Å². The van der Waals surface area contributed by atoms with Crippen LogP contribution >= 0.6 is 0 Å². The molecule has 20 heavy (non-hydrogen) atoms. The van der Waals surface area contributed by atoms with E-state index in [1.807, 2.05) is 17.9 Å². The molecule has 1 amide bonds. The van der Waals surface area contributed by atoms with Crippen molar-refractivity contribution in [1.82, 2.24) is 15.0 Å². The standard InChI is InChI=1S/C14H16N4O2/c1-10-8-13(17-20-10)16-11-4-5-12(15-9-11)14(19)18-6-2-3-7-18/h4-5,8-9H,2-3,6-7H2,1H3,(H,16,17). The van der Waals surface area contributed by atoms with E-state index in [1.54, 1.807) is 18.3 Å². The molecule has 1 fully saturated rings. The number of hydrogen-bond acceptors (Lipinski definition) is 5.